The van der Waals surface area contributed by atoms with Gasteiger partial charge in [0.2, 0.25) is 5.91 Å². The zero-order chi connectivity index (χ0) is 20.3. The Kier molecular flexibility index (Phi) is 5.79. The van der Waals surface area contributed by atoms with Crippen LogP contribution in [0.5, 0.6) is 0 Å². The van der Waals surface area contributed by atoms with Crippen molar-refractivity contribution in [3.8, 4) is 0 Å². The molecular weight excluding hydrogens is 362 g/mol. The number of carbonyl (C=O) groups is 1. The first-order valence-corrected chi connectivity index (χ1v) is 10.8. The molecule has 4 rings (SSSR count). The Bertz CT molecular complexity index is 846. The van der Waals surface area contributed by atoms with Crippen molar-refractivity contribution >= 4 is 11.7 Å². The van der Waals surface area contributed by atoms with E-state index in [1.807, 2.05) is 24.1 Å². The largest absolute Gasteiger partial charge is 0.356 e. The summed E-state index contributed by atoms with van der Waals surface area (Å²) in [5.41, 5.74) is 2.48. The third-order valence-corrected chi connectivity index (χ3v) is 6.38. The van der Waals surface area contributed by atoms with Crippen LogP contribution >= 0.6 is 0 Å². The van der Waals surface area contributed by atoms with E-state index in [1.165, 1.54) is 0 Å². The molecule has 6 nitrogen and oxygen atoms in total. The maximum atomic E-state index is 12.5. The van der Waals surface area contributed by atoms with Gasteiger partial charge >= 0.3 is 0 Å². The SMILES string of the molecule is CCCc1cc(N2CCC3(CCC(=O)N(Cc4cccnc4)C3)CC2)nc(C)n1. The van der Waals surface area contributed by atoms with Crippen LogP contribution in [0.4, 0.5) is 5.82 Å². The van der Waals surface area contributed by atoms with Gasteiger partial charge in [-0.3, -0.25) is 9.78 Å². The second-order valence-corrected chi connectivity index (χ2v) is 8.61. The number of likely N-dealkylation sites (tertiary alicyclic amines) is 1. The van der Waals surface area contributed by atoms with E-state index in [2.05, 4.69) is 33.9 Å². The van der Waals surface area contributed by atoms with Crippen LogP contribution in [0.15, 0.2) is 30.6 Å². The zero-order valence-corrected chi connectivity index (χ0v) is 17.6. The quantitative estimate of drug-likeness (QED) is 0.777. The molecule has 6 heteroatoms. The molecule has 0 aliphatic carbocycles. The monoisotopic (exact) mass is 393 g/mol. The predicted octanol–water partition coefficient (Wildman–Crippen LogP) is 3.54. The summed E-state index contributed by atoms with van der Waals surface area (Å²) in [5.74, 6) is 2.20. The van der Waals surface area contributed by atoms with E-state index in [0.29, 0.717) is 13.0 Å². The number of hydrogen-bond acceptors (Lipinski definition) is 5. The topological polar surface area (TPSA) is 62.2 Å². The summed E-state index contributed by atoms with van der Waals surface area (Å²) >= 11 is 0. The molecule has 2 aliphatic rings. The van der Waals surface area contributed by atoms with Crippen LogP contribution in [0.1, 0.15) is 56.1 Å². The van der Waals surface area contributed by atoms with Gasteiger partial charge in [0.1, 0.15) is 11.6 Å². The fourth-order valence-corrected chi connectivity index (χ4v) is 4.74. The van der Waals surface area contributed by atoms with Gasteiger partial charge in [-0.05, 0) is 49.7 Å². The lowest BCUT2D eigenvalue weighted by molar-refractivity contribution is -0.139. The second-order valence-electron chi connectivity index (χ2n) is 8.61. The number of aromatic nitrogens is 3. The van der Waals surface area contributed by atoms with Crippen LogP contribution in [0.25, 0.3) is 0 Å². The molecule has 2 aliphatic heterocycles. The number of amides is 1. The van der Waals surface area contributed by atoms with Crippen molar-refractivity contribution in [3.63, 3.8) is 0 Å². The molecule has 2 saturated heterocycles. The molecule has 2 aromatic rings. The van der Waals surface area contributed by atoms with Crippen molar-refractivity contribution in [1.82, 2.24) is 19.9 Å². The molecule has 29 heavy (non-hydrogen) atoms. The average molecular weight is 394 g/mol. The summed E-state index contributed by atoms with van der Waals surface area (Å²) in [7, 11) is 0. The number of hydrogen-bond donors (Lipinski definition) is 0. The molecule has 0 saturated carbocycles. The third kappa shape index (κ3) is 4.57. The highest BCUT2D eigenvalue weighted by Gasteiger charge is 2.41. The first kappa shape index (κ1) is 19.8. The van der Waals surface area contributed by atoms with Gasteiger partial charge in [-0.15, -0.1) is 0 Å². The highest BCUT2D eigenvalue weighted by Crippen LogP contribution is 2.41. The highest BCUT2D eigenvalue weighted by atomic mass is 16.2. The molecule has 154 valence electrons. The van der Waals surface area contributed by atoms with Crippen molar-refractivity contribution in [3.05, 3.63) is 47.7 Å². The first-order chi connectivity index (χ1) is 14.1. The van der Waals surface area contributed by atoms with E-state index in [1.54, 1.807) is 6.20 Å². The first-order valence-electron chi connectivity index (χ1n) is 10.8. The van der Waals surface area contributed by atoms with Crippen molar-refractivity contribution < 1.29 is 4.79 Å². The Hall–Kier alpha value is -2.50. The fraction of sp³-hybridized carbons (Fsp3) is 0.565. The molecule has 2 fully saturated rings. The summed E-state index contributed by atoms with van der Waals surface area (Å²) in [6, 6.07) is 6.15. The van der Waals surface area contributed by atoms with Crippen molar-refractivity contribution in [2.45, 2.75) is 58.9 Å². The van der Waals surface area contributed by atoms with Gasteiger partial charge in [-0.25, -0.2) is 9.97 Å². The lowest BCUT2D eigenvalue weighted by Crippen LogP contribution is -2.51. The molecule has 0 radical (unpaired) electrons. The molecular formula is C23H31N5O. The van der Waals surface area contributed by atoms with Crippen LogP contribution < -0.4 is 4.90 Å². The Balaban J connectivity index is 1.42. The molecule has 0 atom stereocenters. The number of nitrogens with zero attached hydrogens (tertiary/aromatic N) is 5. The zero-order valence-electron chi connectivity index (χ0n) is 17.6. The lowest BCUT2D eigenvalue weighted by Gasteiger charge is -2.47. The number of carbonyl (C=O) groups excluding carboxylic acids is 1. The van der Waals surface area contributed by atoms with E-state index in [9.17, 15) is 4.79 Å². The van der Waals surface area contributed by atoms with Crippen molar-refractivity contribution in [2.75, 3.05) is 24.5 Å². The third-order valence-electron chi connectivity index (χ3n) is 6.38. The minimum Gasteiger partial charge on any atom is -0.356 e. The van der Waals surface area contributed by atoms with Crippen LogP contribution in [-0.2, 0) is 17.8 Å². The van der Waals surface area contributed by atoms with E-state index in [-0.39, 0.29) is 11.3 Å². The summed E-state index contributed by atoms with van der Waals surface area (Å²) in [4.78, 5) is 30.4. The van der Waals surface area contributed by atoms with Crippen LogP contribution in [0, 0.1) is 12.3 Å². The molecule has 2 aromatic heterocycles. The molecule has 4 heterocycles. The van der Waals surface area contributed by atoms with Crippen LogP contribution in [0.2, 0.25) is 0 Å². The summed E-state index contributed by atoms with van der Waals surface area (Å²) in [6.45, 7) is 7.69. The molecule has 1 spiro atoms. The van der Waals surface area contributed by atoms with E-state index < -0.39 is 0 Å². The normalized spacial score (nSPS) is 19.0. The van der Waals surface area contributed by atoms with Crippen molar-refractivity contribution in [2.24, 2.45) is 5.41 Å². The van der Waals surface area contributed by atoms with Gasteiger partial charge in [-0.1, -0.05) is 19.4 Å². The van der Waals surface area contributed by atoms with Gasteiger partial charge in [0.15, 0.2) is 0 Å². The average Bonchev–Trinajstić information content (AvgIpc) is 2.72. The van der Waals surface area contributed by atoms with E-state index >= 15 is 0 Å². The fourth-order valence-electron chi connectivity index (χ4n) is 4.74. The predicted molar refractivity (Wildman–Crippen MR) is 114 cm³/mol. The second kappa shape index (κ2) is 8.47. The Morgan fingerprint density at radius 2 is 2.00 bits per heavy atom. The number of aryl methyl sites for hydroxylation is 2. The van der Waals surface area contributed by atoms with Gasteiger partial charge < -0.3 is 9.80 Å². The van der Waals surface area contributed by atoms with Crippen LogP contribution in [0.3, 0.4) is 0 Å². The smallest absolute Gasteiger partial charge is 0.222 e. The Labute approximate surface area is 173 Å². The molecule has 0 unspecified atom stereocenters. The molecule has 0 aromatic carbocycles. The number of rotatable bonds is 5. The molecule has 1 amide bonds. The maximum Gasteiger partial charge on any atom is 0.222 e. The van der Waals surface area contributed by atoms with Gasteiger partial charge in [-0.2, -0.15) is 0 Å². The van der Waals surface area contributed by atoms with Gasteiger partial charge in [0.05, 0.1) is 0 Å². The summed E-state index contributed by atoms with van der Waals surface area (Å²) in [6.07, 6.45) is 9.62. The minimum atomic E-state index is 0.237. The molecule has 0 N–H and O–H groups in total. The summed E-state index contributed by atoms with van der Waals surface area (Å²) < 4.78 is 0. The summed E-state index contributed by atoms with van der Waals surface area (Å²) in [5, 5.41) is 0. The van der Waals surface area contributed by atoms with Crippen molar-refractivity contribution in [1.29, 1.82) is 0 Å². The van der Waals surface area contributed by atoms with Gasteiger partial charge in [0.25, 0.3) is 0 Å². The standard InChI is InChI=1S/C23H31N5O/c1-3-5-20-14-21(26-18(2)25-20)27-12-9-23(10-13-27)8-7-22(29)28(17-23)16-19-6-4-11-24-15-19/h4,6,11,14-15H,3,5,7-10,12-13,16-17H2,1-2H3. The van der Waals surface area contributed by atoms with Crippen LogP contribution in [-0.4, -0.2) is 45.4 Å². The number of piperidine rings is 2. The molecule has 0 bridgehead atoms. The Morgan fingerprint density at radius 3 is 2.72 bits per heavy atom. The Morgan fingerprint density at radius 1 is 1.17 bits per heavy atom. The highest BCUT2D eigenvalue weighted by molar-refractivity contribution is 5.77. The minimum absolute atomic E-state index is 0.237. The van der Waals surface area contributed by atoms with E-state index in [4.69, 9.17) is 4.98 Å². The lowest BCUT2D eigenvalue weighted by atomic mass is 9.72. The van der Waals surface area contributed by atoms with E-state index in [0.717, 1.165) is 74.6 Å². The maximum absolute atomic E-state index is 12.5. The van der Waals surface area contributed by atoms with Gasteiger partial charge in [0, 0.05) is 56.8 Å². The number of pyridine rings is 1. The number of anilines is 1.